The number of hydrogen-bond donors (Lipinski definition) is 1. The van der Waals surface area contributed by atoms with Gasteiger partial charge in [0.25, 0.3) is 5.91 Å². The standard InChI is InChI=1S/C18H17F2NO4S/c1-11(18(23)21-12-3-8-15(19)16(20)9-12)25-17(22)10-26-14-6-4-13(24-2)5-7-14/h3-9,11H,10H2,1-2H3,(H,21,23)/t11-/m1/s1. The van der Waals surface area contributed by atoms with E-state index < -0.39 is 29.6 Å². The lowest BCUT2D eigenvalue weighted by molar-refractivity contribution is -0.150. The number of nitrogens with one attached hydrogen (secondary N) is 1. The van der Waals surface area contributed by atoms with Crippen molar-refractivity contribution >= 4 is 29.3 Å². The predicted molar refractivity (Wildman–Crippen MR) is 94.3 cm³/mol. The Labute approximate surface area is 153 Å². The number of carbonyl (C=O) groups excluding carboxylic acids is 2. The molecular weight excluding hydrogens is 364 g/mol. The van der Waals surface area contributed by atoms with Gasteiger partial charge >= 0.3 is 5.97 Å². The number of esters is 1. The van der Waals surface area contributed by atoms with Gasteiger partial charge in [-0.3, -0.25) is 9.59 Å². The molecule has 1 amide bonds. The summed E-state index contributed by atoms with van der Waals surface area (Å²) in [4.78, 5) is 24.7. The summed E-state index contributed by atoms with van der Waals surface area (Å²) in [6.45, 7) is 1.39. The van der Waals surface area contributed by atoms with Crippen LogP contribution in [0.3, 0.4) is 0 Å². The predicted octanol–water partition coefficient (Wildman–Crippen LogP) is 3.64. The minimum Gasteiger partial charge on any atom is -0.497 e. The van der Waals surface area contributed by atoms with Gasteiger partial charge in [-0.2, -0.15) is 0 Å². The van der Waals surface area contributed by atoms with E-state index >= 15 is 0 Å². The highest BCUT2D eigenvalue weighted by molar-refractivity contribution is 8.00. The topological polar surface area (TPSA) is 64.6 Å². The molecule has 0 aliphatic carbocycles. The Morgan fingerprint density at radius 1 is 1.12 bits per heavy atom. The largest absolute Gasteiger partial charge is 0.497 e. The smallest absolute Gasteiger partial charge is 0.317 e. The first-order valence-electron chi connectivity index (χ1n) is 7.61. The fraction of sp³-hybridized carbons (Fsp3) is 0.222. The zero-order valence-corrected chi connectivity index (χ0v) is 14.9. The molecule has 0 aliphatic heterocycles. The number of halogens is 2. The highest BCUT2D eigenvalue weighted by Crippen LogP contribution is 2.21. The molecule has 2 aromatic carbocycles. The Hall–Kier alpha value is -2.61. The van der Waals surface area contributed by atoms with E-state index in [0.717, 1.165) is 17.0 Å². The molecule has 8 heteroatoms. The fourth-order valence-corrected chi connectivity index (χ4v) is 2.60. The highest BCUT2D eigenvalue weighted by Gasteiger charge is 2.18. The van der Waals surface area contributed by atoms with Gasteiger partial charge in [-0.25, -0.2) is 8.78 Å². The number of carbonyl (C=O) groups is 2. The highest BCUT2D eigenvalue weighted by atomic mass is 32.2. The zero-order chi connectivity index (χ0) is 19.1. The van der Waals surface area contributed by atoms with E-state index in [2.05, 4.69) is 5.32 Å². The number of rotatable bonds is 7. The fourth-order valence-electron chi connectivity index (χ4n) is 1.92. The Morgan fingerprint density at radius 3 is 2.42 bits per heavy atom. The van der Waals surface area contributed by atoms with Crippen LogP contribution >= 0.6 is 11.8 Å². The van der Waals surface area contributed by atoms with Crippen LogP contribution in [0.4, 0.5) is 14.5 Å². The van der Waals surface area contributed by atoms with Gasteiger partial charge in [0.05, 0.1) is 12.9 Å². The van der Waals surface area contributed by atoms with Crippen LogP contribution in [-0.4, -0.2) is 30.8 Å². The van der Waals surface area contributed by atoms with Crippen LogP contribution in [0, 0.1) is 11.6 Å². The number of methoxy groups -OCH3 is 1. The van der Waals surface area contributed by atoms with Crippen molar-refractivity contribution in [3.63, 3.8) is 0 Å². The van der Waals surface area contributed by atoms with Crippen molar-refractivity contribution in [2.45, 2.75) is 17.9 Å². The number of thioether (sulfide) groups is 1. The maximum absolute atomic E-state index is 13.1. The van der Waals surface area contributed by atoms with E-state index in [0.29, 0.717) is 5.75 Å². The molecule has 138 valence electrons. The number of amides is 1. The van der Waals surface area contributed by atoms with Crippen LogP contribution in [-0.2, 0) is 14.3 Å². The lowest BCUT2D eigenvalue weighted by Gasteiger charge is -2.13. The molecular formula is C18H17F2NO4S. The molecule has 26 heavy (non-hydrogen) atoms. The van der Waals surface area contributed by atoms with Crippen molar-refractivity contribution < 1.29 is 27.8 Å². The van der Waals surface area contributed by atoms with Crippen LogP contribution in [0.1, 0.15) is 6.92 Å². The lowest BCUT2D eigenvalue weighted by atomic mass is 10.3. The molecule has 0 saturated carbocycles. The van der Waals surface area contributed by atoms with E-state index in [1.165, 1.54) is 24.8 Å². The SMILES string of the molecule is COc1ccc(SCC(=O)O[C@H](C)C(=O)Nc2ccc(F)c(F)c2)cc1. The molecule has 0 spiro atoms. The maximum atomic E-state index is 13.1. The van der Waals surface area contributed by atoms with Gasteiger partial charge in [0.15, 0.2) is 17.7 Å². The minimum atomic E-state index is -1.08. The second-order valence-corrected chi connectivity index (χ2v) is 6.26. The van der Waals surface area contributed by atoms with Gasteiger partial charge in [0, 0.05) is 16.6 Å². The van der Waals surface area contributed by atoms with Crippen molar-refractivity contribution in [3.05, 3.63) is 54.1 Å². The third kappa shape index (κ3) is 5.73. The van der Waals surface area contributed by atoms with Crippen molar-refractivity contribution in [1.82, 2.24) is 0 Å². The van der Waals surface area contributed by atoms with E-state index in [1.54, 1.807) is 31.4 Å². The van der Waals surface area contributed by atoms with Gasteiger partial charge in [0.2, 0.25) is 0 Å². The molecule has 0 radical (unpaired) electrons. The molecule has 0 bridgehead atoms. The summed E-state index contributed by atoms with van der Waals surface area (Å²) < 4.78 is 36.1. The minimum absolute atomic E-state index is 0.0229. The van der Waals surface area contributed by atoms with Crippen molar-refractivity contribution in [3.8, 4) is 5.75 Å². The third-order valence-corrected chi connectivity index (χ3v) is 4.27. The quantitative estimate of drug-likeness (QED) is 0.586. The molecule has 1 N–H and O–H groups in total. The van der Waals surface area contributed by atoms with Gasteiger partial charge < -0.3 is 14.8 Å². The molecule has 2 aromatic rings. The number of anilines is 1. The average molecular weight is 381 g/mol. The second kappa shape index (κ2) is 9.19. The Balaban J connectivity index is 1.81. The lowest BCUT2D eigenvalue weighted by Crippen LogP contribution is -2.30. The summed E-state index contributed by atoms with van der Waals surface area (Å²) in [5.41, 5.74) is 0.0735. The summed E-state index contributed by atoms with van der Waals surface area (Å²) in [6, 6.07) is 10.1. The number of benzene rings is 2. The van der Waals surface area contributed by atoms with Crippen LogP contribution in [0.25, 0.3) is 0 Å². The molecule has 0 saturated heterocycles. The molecule has 0 aliphatic rings. The summed E-state index contributed by atoms with van der Waals surface area (Å²) in [6.07, 6.45) is -1.08. The van der Waals surface area contributed by atoms with Crippen LogP contribution < -0.4 is 10.1 Å². The summed E-state index contributed by atoms with van der Waals surface area (Å²) in [5.74, 6) is -2.58. The molecule has 0 aromatic heterocycles. The summed E-state index contributed by atoms with van der Waals surface area (Å²) >= 11 is 1.26. The number of ether oxygens (including phenoxy) is 2. The first kappa shape index (κ1) is 19.7. The first-order valence-corrected chi connectivity index (χ1v) is 8.60. The van der Waals surface area contributed by atoms with Crippen LogP contribution in [0.2, 0.25) is 0 Å². The van der Waals surface area contributed by atoms with E-state index in [-0.39, 0.29) is 11.4 Å². The zero-order valence-electron chi connectivity index (χ0n) is 14.1. The van der Waals surface area contributed by atoms with Crippen molar-refractivity contribution in [1.29, 1.82) is 0 Å². The third-order valence-electron chi connectivity index (χ3n) is 3.28. The Kier molecular flexibility index (Phi) is 6.97. The average Bonchev–Trinajstić information content (AvgIpc) is 2.63. The van der Waals surface area contributed by atoms with Gasteiger partial charge in [-0.1, -0.05) is 0 Å². The Bertz CT molecular complexity index is 783. The maximum Gasteiger partial charge on any atom is 0.317 e. The van der Waals surface area contributed by atoms with Crippen molar-refractivity contribution in [2.75, 3.05) is 18.2 Å². The molecule has 0 unspecified atom stereocenters. The summed E-state index contributed by atoms with van der Waals surface area (Å²) in [5, 5.41) is 2.36. The molecule has 2 rings (SSSR count). The normalized spacial score (nSPS) is 11.5. The van der Waals surface area contributed by atoms with Crippen molar-refractivity contribution in [2.24, 2.45) is 0 Å². The van der Waals surface area contributed by atoms with Gasteiger partial charge in [-0.15, -0.1) is 11.8 Å². The van der Waals surface area contributed by atoms with E-state index in [4.69, 9.17) is 9.47 Å². The monoisotopic (exact) mass is 381 g/mol. The molecule has 5 nitrogen and oxygen atoms in total. The van der Waals surface area contributed by atoms with E-state index in [1.807, 2.05) is 0 Å². The van der Waals surface area contributed by atoms with Crippen LogP contribution in [0.5, 0.6) is 5.75 Å². The number of hydrogen-bond acceptors (Lipinski definition) is 5. The first-order chi connectivity index (χ1) is 12.4. The Morgan fingerprint density at radius 2 is 1.81 bits per heavy atom. The molecule has 1 atom stereocenters. The second-order valence-electron chi connectivity index (χ2n) is 5.21. The van der Waals surface area contributed by atoms with Crippen LogP contribution in [0.15, 0.2) is 47.4 Å². The van der Waals surface area contributed by atoms with E-state index in [9.17, 15) is 18.4 Å². The van der Waals surface area contributed by atoms with Gasteiger partial charge in [0.1, 0.15) is 5.75 Å². The molecule has 0 heterocycles. The summed E-state index contributed by atoms with van der Waals surface area (Å²) in [7, 11) is 1.56. The molecule has 0 fully saturated rings. The van der Waals surface area contributed by atoms with Gasteiger partial charge in [-0.05, 0) is 43.3 Å².